The summed E-state index contributed by atoms with van der Waals surface area (Å²) in [6.45, 7) is 8.85. The molecule has 1 aromatic heterocycles. The lowest BCUT2D eigenvalue weighted by Crippen LogP contribution is -2.45. The van der Waals surface area contributed by atoms with Gasteiger partial charge in [-0.3, -0.25) is 4.79 Å². The van der Waals surface area contributed by atoms with Gasteiger partial charge in [-0.05, 0) is 50.7 Å². The standard InChI is InChI=1S/C22H35N5O2/c1-4-23-22(26-18-10-12-27(15-18)21(28)16(2)3)25-14-17-9-11-24-20(13-17)29-19-7-5-6-8-19/h9,11,13,16,18-19H,4-8,10,12,14-15H2,1-3H3,(H2,23,25,26). The Bertz CT molecular complexity index is 700. The van der Waals surface area contributed by atoms with E-state index in [4.69, 9.17) is 9.73 Å². The molecule has 2 heterocycles. The first kappa shape index (κ1) is 21.4. The van der Waals surface area contributed by atoms with Gasteiger partial charge in [-0.1, -0.05) is 13.8 Å². The Labute approximate surface area is 174 Å². The molecule has 1 aliphatic heterocycles. The van der Waals surface area contributed by atoms with Gasteiger partial charge in [-0.2, -0.15) is 0 Å². The molecule has 0 radical (unpaired) electrons. The van der Waals surface area contributed by atoms with Crippen molar-refractivity contribution in [2.45, 2.75) is 71.6 Å². The number of carbonyl (C=O) groups excluding carboxylic acids is 1. The zero-order valence-corrected chi connectivity index (χ0v) is 18.0. The molecule has 29 heavy (non-hydrogen) atoms. The van der Waals surface area contributed by atoms with Crippen molar-refractivity contribution < 1.29 is 9.53 Å². The van der Waals surface area contributed by atoms with Crippen LogP contribution in [0.3, 0.4) is 0 Å². The van der Waals surface area contributed by atoms with E-state index >= 15 is 0 Å². The molecule has 1 amide bonds. The highest BCUT2D eigenvalue weighted by atomic mass is 16.5. The summed E-state index contributed by atoms with van der Waals surface area (Å²) in [4.78, 5) is 23.2. The van der Waals surface area contributed by atoms with Crippen molar-refractivity contribution in [3.8, 4) is 5.88 Å². The molecule has 7 heteroatoms. The molecule has 1 unspecified atom stereocenters. The number of ether oxygens (including phenoxy) is 1. The molecule has 1 aliphatic carbocycles. The van der Waals surface area contributed by atoms with E-state index in [9.17, 15) is 4.79 Å². The Morgan fingerprint density at radius 3 is 2.86 bits per heavy atom. The summed E-state index contributed by atoms with van der Waals surface area (Å²) in [5.41, 5.74) is 1.08. The largest absolute Gasteiger partial charge is 0.474 e. The SMILES string of the molecule is CCNC(=NCc1ccnc(OC2CCCC2)c1)NC1CCN(C(=O)C(C)C)C1. The average molecular weight is 402 g/mol. The van der Waals surface area contributed by atoms with Crippen LogP contribution in [0.5, 0.6) is 5.88 Å². The summed E-state index contributed by atoms with van der Waals surface area (Å²) in [5.74, 6) is 1.75. The van der Waals surface area contributed by atoms with Crippen LogP contribution in [0.25, 0.3) is 0 Å². The molecule has 1 aromatic rings. The number of guanidine groups is 1. The van der Waals surface area contributed by atoms with Gasteiger partial charge >= 0.3 is 0 Å². The van der Waals surface area contributed by atoms with Gasteiger partial charge in [-0.25, -0.2) is 9.98 Å². The first-order valence-corrected chi connectivity index (χ1v) is 11.0. The molecule has 0 bridgehead atoms. The minimum absolute atomic E-state index is 0.0444. The lowest BCUT2D eigenvalue weighted by atomic mass is 10.2. The quantitative estimate of drug-likeness (QED) is 0.543. The van der Waals surface area contributed by atoms with Crippen molar-refractivity contribution >= 4 is 11.9 Å². The number of hydrogen-bond donors (Lipinski definition) is 2. The summed E-state index contributed by atoms with van der Waals surface area (Å²) < 4.78 is 6.00. The molecule has 3 rings (SSSR count). The van der Waals surface area contributed by atoms with Crippen molar-refractivity contribution in [2.75, 3.05) is 19.6 Å². The van der Waals surface area contributed by atoms with Gasteiger partial charge in [0.1, 0.15) is 6.10 Å². The van der Waals surface area contributed by atoms with E-state index in [0.29, 0.717) is 18.5 Å². The molecule has 0 spiro atoms. The topological polar surface area (TPSA) is 78.9 Å². The van der Waals surface area contributed by atoms with Gasteiger partial charge in [0.25, 0.3) is 0 Å². The van der Waals surface area contributed by atoms with E-state index < -0.39 is 0 Å². The summed E-state index contributed by atoms with van der Waals surface area (Å²) in [7, 11) is 0. The molecule has 2 fully saturated rings. The lowest BCUT2D eigenvalue weighted by Gasteiger charge is -2.20. The second-order valence-corrected chi connectivity index (χ2v) is 8.29. The van der Waals surface area contributed by atoms with Crippen molar-refractivity contribution in [1.29, 1.82) is 0 Å². The van der Waals surface area contributed by atoms with E-state index in [-0.39, 0.29) is 17.9 Å². The summed E-state index contributed by atoms with van der Waals surface area (Å²) in [6, 6.07) is 4.20. The predicted molar refractivity (Wildman–Crippen MR) is 115 cm³/mol. The number of aliphatic imine (C=N–C) groups is 1. The van der Waals surface area contributed by atoms with Crippen LogP contribution in [0.4, 0.5) is 0 Å². The number of hydrogen-bond acceptors (Lipinski definition) is 4. The van der Waals surface area contributed by atoms with Gasteiger partial charge in [0.15, 0.2) is 5.96 Å². The number of pyridine rings is 1. The van der Waals surface area contributed by atoms with E-state index in [1.54, 1.807) is 6.20 Å². The maximum Gasteiger partial charge on any atom is 0.225 e. The van der Waals surface area contributed by atoms with Crippen LogP contribution in [0.15, 0.2) is 23.3 Å². The highest BCUT2D eigenvalue weighted by molar-refractivity contribution is 5.81. The van der Waals surface area contributed by atoms with Crippen LogP contribution < -0.4 is 15.4 Å². The minimum atomic E-state index is 0.0444. The monoisotopic (exact) mass is 401 g/mol. The van der Waals surface area contributed by atoms with Crippen molar-refractivity contribution in [3.05, 3.63) is 23.9 Å². The van der Waals surface area contributed by atoms with Crippen LogP contribution in [0.1, 0.15) is 58.4 Å². The number of amides is 1. The molecule has 0 aromatic carbocycles. The Morgan fingerprint density at radius 1 is 1.34 bits per heavy atom. The van der Waals surface area contributed by atoms with E-state index in [2.05, 4.69) is 22.5 Å². The number of likely N-dealkylation sites (tertiary alicyclic amines) is 1. The molecular weight excluding hydrogens is 366 g/mol. The maximum atomic E-state index is 12.2. The summed E-state index contributed by atoms with van der Waals surface area (Å²) in [6.07, 6.45) is 7.77. The van der Waals surface area contributed by atoms with Crippen LogP contribution in [-0.4, -0.2) is 53.5 Å². The maximum absolute atomic E-state index is 12.2. The Morgan fingerprint density at radius 2 is 2.14 bits per heavy atom. The van der Waals surface area contributed by atoms with Gasteiger partial charge in [-0.15, -0.1) is 0 Å². The van der Waals surface area contributed by atoms with Crippen LogP contribution in [0.2, 0.25) is 0 Å². The zero-order valence-electron chi connectivity index (χ0n) is 18.0. The Kier molecular flexibility index (Phi) is 7.72. The second-order valence-electron chi connectivity index (χ2n) is 8.29. The normalized spacial score (nSPS) is 20.3. The number of nitrogens with zero attached hydrogens (tertiary/aromatic N) is 3. The van der Waals surface area contributed by atoms with Crippen molar-refractivity contribution in [3.63, 3.8) is 0 Å². The Balaban J connectivity index is 1.56. The zero-order chi connectivity index (χ0) is 20.6. The number of rotatable bonds is 7. The van der Waals surface area contributed by atoms with Gasteiger partial charge in [0.2, 0.25) is 11.8 Å². The summed E-state index contributed by atoms with van der Waals surface area (Å²) in [5, 5.41) is 6.79. The summed E-state index contributed by atoms with van der Waals surface area (Å²) >= 11 is 0. The van der Waals surface area contributed by atoms with Gasteiger partial charge in [0.05, 0.1) is 6.54 Å². The third-order valence-corrected chi connectivity index (χ3v) is 5.49. The average Bonchev–Trinajstić information content (AvgIpc) is 3.38. The smallest absolute Gasteiger partial charge is 0.225 e. The highest BCUT2D eigenvalue weighted by Gasteiger charge is 2.28. The predicted octanol–water partition coefficient (Wildman–Crippen LogP) is 2.72. The third kappa shape index (κ3) is 6.34. The fourth-order valence-corrected chi connectivity index (χ4v) is 3.92. The lowest BCUT2D eigenvalue weighted by molar-refractivity contribution is -0.133. The molecule has 1 saturated heterocycles. The number of nitrogens with one attached hydrogen (secondary N) is 2. The van der Waals surface area contributed by atoms with Gasteiger partial charge < -0.3 is 20.3 Å². The fraction of sp³-hybridized carbons (Fsp3) is 0.682. The first-order chi connectivity index (χ1) is 14.0. The highest BCUT2D eigenvalue weighted by Crippen LogP contribution is 2.23. The third-order valence-electron chi connectivity index (χ3n) is 5.49. The molecule has 2 aliphatic rings. The van der Waals surface area contributed by atoms with E-state index in [0.717, 1.165) is 50.4 Å². The van der Waals surface area contributed by atoms with E-state index in [1.165, 1.54) is 12.8 Å². The van der Waals surface area contributed by atoms with E-state index in [1.807, 2.05) is 30.9 Å². The molecular formula is C22H35N5O2. The number of aromatic nitrogens is 1. The van der Waals surface area contributed by atoms with Crippen molar-refractivity contribution in [1.82, 2.24) is 20.5 Å². The second kappa shape index (κ2) is 10.5. The molecule has 1 atom stereocenters. The number of carbonyl (C=O) groups is 1. The first-order valence-electron chi connectivity index (χ1n) is 11.0. The van der Waals surface area contributed by atoms with Gasteiger partial charge in [0, 0.05) is 43.9 Å². The van der Waals surface area contributed by atoms with Crippen molar-refractivity contribution in [2.24, 2.45) is 10.9 Å². The molecule has 2 N–H and O–H groups in total. The minimum Gasteiger partial charge on any atom is -0.474 e. The molecule has 7 nitrogen and oxygen atoms in total. The fourth-order valence-electron chi connectivity index (χ4n) is 3.92. The van der Waals surface area contributed by atoms with Crippen LogP contribution in [-0.2, 0) is 11.3 Å². The molecule has 1 saturated carbocycles. The van der Waals surface area contributed by atoms with Crippen LogP contribution >= 0.6 is 0 Å². The van der Waals surface area contributed by atoms with Crippen LogP contribution in [0, 0.1) is 5.92 Å². The molecule has 160 valence electrons. The Hall–Kier alpha value is -2.31.